The van der Waals surface area contributed by atoms with Crippen molar-refractivity contribution in [2.24, 2.45) is 5.92 Å². The Morgan fingerprint density at radius 2 is 2.04 bits per heavy atom. The van der Waals surface area contributed by atoms with Crippen molar-refractivity contribution in [1.82, 2.24) is 15.2 Å². The molecule has 0 saturated carbocycles. The highest BCUT2D eigenvalue weighted by molar-refractivity contribution is 7.12. The maximum Gasteiger partial charge on any atom is 0.263 e. The van der Waals surface area contributed by atoms with Gasteiger partial charge in [0.15, 0.2) is 0 Å². The molecule has 2 amide bonds. The van der Waals surface area contributed by atoms with E-state index in [9.17, 15) is 9.59 Å². The molecule has 6 nitrogen and oxygen atoms in total. The van der Waals surface area contributed by atoms with Gasteiger partial charge in [-0.2, -0.15) is 0 Å². The second-order valence-electron chi connectivity index (χ2n) is 7.50. The number of pyridine rings is 1. The van der Waals surface area contributed by atoms with Gasteiger partial charge < -0.3 is 15.1 Å². The maximum atomic E-state index is 12.7. The largest absolute Gasteiger partial charge is 0.357 e. The van der Waals surface area contributed by atoms with Crippen LogP contribution in [0.5, 0.6) is 0 Å². The van der Waals surface area contributed by atoms with Gasteiger partial charge in [-0.05, 0) is 54.8 Å². The Morgan fingerprint density at radius 3 is 2.82 bits per heavy atom. The van der Waals surface area contributed by atoms with Crippen molar-refractivity contribution in [3.05, 3.63) is 46.3 Å². The molecule has 1 unspecified atom stereocenters. The number of anilines is 1. The molecule has 2 aliphatic rings. The molecule has 148 valence electrons. The fourth-order valence-corrected chi connectivity index (χ4v) is 4.65. The number of nitrogens with one attached hydrogen (secondary N) is 1. The van der Waals surface area contributed by atoms with Crippen LogP contribution in [0.25, 0.3) is 0 Å². The van der Waals surface area contributed by atoms with Crippen LogP contribution < -0.4 is 10.2 Å². The van der Waals surface area contributed by atoms with Crippen LogP contribution in [0.2, 0.25) is 0 Å². The lowest BCUT2D eigenvalue weighted by atomic mass is 9.97. The summed E-state index contributed by atoms with van der Waals surface area (Å²) in [5, 5.41) is 4.97. The van der Waals surface area contributed by atoms with E-state index in [1.807, 2.05) is 34.7 Å². The van der Waals surface area contributed by atoms with Crippen LogP contribution in [0.3, 0.4) is 0 Å². The molecule has 0 bridgehead atoms. The predicted octanol–water partition coefficient (Wildman–Crippen LogP) is 2.91. The Bertz CT molecular complexity index is 818. The molecule has 2 aliphatic heterocycles. The number of likely N-dealkylation sites (tertiary alicyclic amines) is 1. The Kier molecular flexibility index (Phi) is 5.90. The minimum absolute atomic E-state index is 0.0308. The van der Waals surface area contributed by atoms with Crippen molar-refractivity contribution in [3.63, 3.8) is 0 Å². The summed E-state index contributed by atoms with van der Waals surface area (Å²) in [4.78, 5) is 34.6. The van der Waals surface area contributed by atoms with Crippen molar-refractivity contribution >= 4 is 29.0 Å². The highest BCUT2D eigenvalue weighted by Gasteiger charge is 2.29. The molecule has 28 heavy (non-hydrogen) atoms. The molecule has 4 heterocycles. The standard InChI is InChI=1S/C21H26N4O2S/c26-20(17-5-3-11-25(15-17)21(27)18-6-4-12-28-18)23-14-16-7-8-22-19(13-16)24-9-1-2-10-24/h4,6-8,12-13,17H,1-3,5,9-11,14-15H2,(H,23,26). The van der Waals surface area contributed by atoms with Crippen LogP contribution in [-0.4, -0.2) is 47.9 Å². The molecular weight excluding hydrogens is 372 g/mol. The molecule has 0 spiro atoms. The van der Waals surface area contributed by atoms with Gasteiger partial charge in [-0.25, -0.2) is 4.98 Å². The Morgan fingerprint density at radius 1 is 1.18 bits per heavy atom. The van der Waals surface area contributed by atoms with E-state index in [4.69, 9.17) is 0 Å². The van der Waals surface area contributed by atoms with Gasteiger partial charge in [-0.1, -0.05) is 6.07 Å². The molecule has 0 aromatic carbocycles. The summed E-state index contributed by atoms with van der Waals surface area (Å²) < 4.78 is 0. The highest BCUT2D eigenvalue weighted by atomic mass is 32.1. The number of carbonyl (C=O) groups is 2. The zero-order valence-electron chi connectivity index (χ0n) is 16.0. The number of carbonyl (C=O) groups excluding carboxylic acids is 2. The first-order valence-corrected chi connectivity index (χ1v) is 10.9. The fraction of sp³-hybridized carbons (Fsp3) is 0.476. The molecule has 7 heteroatoms. The van der Waals surface area contributed by atoms with Gasteiger partial charge in [0.1, 0.15) is 5.82 Å². The average Bonchev–Trinajstić information content (AvgIpc) is 3.46. The minimum Gasteiger partial charge on any atom is -0.357 e. The molecule has 2 aromatic heterocycles. The third-order valence-corrected chi connectivity index (χ3v) is 6.38. The second kappa shape index (κ2) is 8.73. The first-order chi connectivity index (χ1) is 13.7. The third-order valence-electron chi connectivity index (χ3n) is 5.52. The maximum absolute atomic E-state index is 12.7. The predicted molar refractivity (Wildman–Crippen MR) is 110 cm³/mol. The van der Waals surface area contributed by atoms with E-state index in [0.29, 0.717) is 13.1 Å². The van der Waals surface area contributed by atoms with Crippen molar-refractivity contribution in [1.29, 1.82) is 0 Å². The first-order valence-electron chi connectivity index (χ1n) is 10.0. The Balaban J connectivity index is 1.32. The normalized spacial score (nSPS) is 19.6. The SMILES string of the molecule is O=C(NCc1ccnc(N2CCCC2)c1)C1CCCN(C(=O)c2cccs2)C1. The molecular formula is C21H26N4O2S. The van der Waals surface area contributed by atoms with Gasteiger partial charge in [0.05, 0.1) is 10.8 Å². The Hall–Kier alpha value is -2.41. The minimum atomic E-state index is -0.141. The van der Waals surface area contributed by atoms with Crippen molar-refractivity contribution in [2.75, 3.05) is 31.1 Å². The lowest BCUT2D eigenvalue weighted by molar-refractivity contribution is -0.126. The van der Waals surface area contributed by atoms with Crippen LogP contribution >= 0.6 is 11.3 Å². The lowest BCUT2D eigenvalue weighted by Gasteiger charge is -2.31. The number of rotatable bonds is 5. The molecule has 1 N–H and O–H groups in total. The van der Waals surface area contributed by atoms with Crippen LogP contribution in [-0.2, 0) is 11.3 Å². The van der Waals surface area contributed by atoms with Crippen LogP contribution in [0.4, 0.5) is 5.82 Å². The summed E-state index contributed by atoms with van der Waals surface area (Å²) in [7, 11) is 0. The zero-order chi connectivity index (χ0) is 19.3. The third kappa shape index (κ3) is 4.35. The number of aromatic nitrogens is 1. The number of piperidine rings is 1. The van der Waals surface area contributed by atoms with E-state index in [1.54, 1.807) is 0 Å². The van der Waals surface area contributed by atoms with Gasteiger partial charge in [0, 0.05) is 38.9 Å². The van der Waals surface area contributed by atoms with Crippen LogP contribution in [0.1, 0.15) is 40.9 Å². The first kappa shape index (κ1) is 18.9. The van der Waals surface area contributed by atoms with Crippen molar-refractivity contribution in [3.8, 4) is 0 Å². The number of hydrogen-bond donors (Lipinski definition) is 1. The summed E-state index contributed by atoms with van der Waals surface area (Å²) in [5.41, 5.74) is 1.06. The van der Waals surface area contributed by atoms with E-state index in [1.165, 1.54) is 24.2 Å². The molecule has 0 radical (unpaired) electrons. The number of amides is 2. The quantitative estimate of drug-likeness (QED) is 0.841. The van der Waals surface area contributed by atoms with Crippen LogP contribution in [0, 0.1) is 5.92 Å². The zero-order valence-corrected chi connectivity index (χ0v) is 16.8. The lowest BCUT2D eigenvalue weighted by Crippen LogP contribution is -2.45. The van der Waals surface area contributed by atoms with Crippen molar-refractivity contribution < 1.29 is 9.59 Å². The van der Waals surface area contributed by atoms with Gasteiger partial charge in [0.25, 0.3) is 5.91 Å². The summed E-state index contributed by atoms with van der Waals surface area (Å²) in [5.74, 6) is 0.923. The topological polar surface area (TPSA) is 65.5 Å². The monoisotopic (exact) mass is 398 g/mol. The molecule has 2 fully saturated rings. The van der Waals surface area contributed by atoms with Crippen LogP contribution in [0.15, 0.2) is 35.8 Å². The van der Waals surface area contributed by atoms with E-state index in [0.717, 1.165) is 48.7 Å². The molecule has 2 aromatic rings. The molecule has 2 saturated heterocycles. The number of nitrogens with zero attached hydrogens (tertiary/aromatic N) is 3. The summed E-state index contributed by atoms with van der Waals surface area (Å²) in [6, 6.07) is 7.75. The average molecular weight is 399 g/mol. The number of thiophene rings is 1. The second-order valence-corrected chi connectivity index (χ2v) is 8.45. The summed E-state index contributed by atoms with van der Waals surface area (Å²) in [6.45, 7) is 3.83. The molecule has 1 atom stereocenters. The molecule has 0 aliphatic carbocycles. The highest BCUT2D eigenvalue weighted by Crippen LogP contribution is 2.21. The van der Waals surface area contributed by atoms with Crippen molar-refractivity contribution in [2.45, 2.75) is 32.2 Å². The number of hydrogen-bond acceptors (Lipinski definition) is 5. The molecule has 4 rings (SSSR count). The van der Waals surface area contributed by atoms with E-state index in [-0.39, 0.29) is 17.7 Å². The van der Waals surface area contributed by atoms with E-state index >= 15 is 0 Å². The van der Waals surface area contributed by atoms with Gasteiger partial charge >= 0.3 is 0 Å². The Labute approximate surface area is 169 Å². The fourth-order valence-electron chi connectivity index (χ4n) is 3.95. The van der Waals surface area contributed by atoms with E-state index in [2.05, 4.69) is 21.3 Å². The van der Waals surface area contributed by atoms with Gasteiger partial charge in [-0.3, -0.25) is 9.59 Å². The van der Waals surface area contributed by atoms with Gasteiger partial charge in [-0.15, -0.1) is 11.3 Å². The smallest absolute Gasteiger partial charge is 0.263 e. The van der Waals surface area contributed by atoms with Gasteiger partial charge in [0.2, 0.25) is 5.91 Å². The summed E-state index contributed by atoms with van der Waals surface area (Å²) >= 11 is 1.45. The summed E-state index contributed by atoms with van der Waals surface area (Å²) in [6.07, 6.45) is 5.94. The van der Waals surface area contributed by atoms with E-state index < -0.39 is 0 Å².